The lowest BCUT2D eigenvalue weighted by Gasteiger charge is -2.14. The Labute approximate surface area is 109 Å². The molecule has 3 N–H and O–H groups in total. The summed E-state index contributed by atoms with van der Waals surface area (Å²) in [7, 11) is 1.66. The van der Waals surface area contributed by atoms with Gasteiger partial charge in [0.1, 0.15) is 5.75 Å². The summed E-state index contributed by atoms with van der Waals surface area (Å²) >= 11 is 0. The second-order valence-electron chi connectivity index (χ2n) is 4.69. The molecule has 102 valence electrons. The highest BCUT2D eigenvalue weighted by atomic mass is 16.5. The van der Waals surface area contributed by atoms with E-state index in [1.165, 1.54) is 5.56 Å². The third-order valence-electron chi connectivity index (χ3n) is 2.88. The molecule has 0 heterocycles. The standard InChI is InChI=1S/C14H23NO3/c1-10(2)11-4-5-12(14(6-11)18-3)7-15-8-13(17)9-16/h4-6,10,13,15-17H,7-9H2,1-3H3. The molecule has 1 atom stereocenters. The Bertz CT molecular complexity index is 366. The van der Waals surface area contributed by atoms with Crippen molar-refractivity contribution in [1.29, 1.82) is 0 Å². The summed E-state index contributed by atoms with van der Waals surface area (Å²) in [6, 6.07) is 6.17. The number of nitrogens with one attached hydrogen (secondary N) is 1. The fourth-order valence-electron chi connectivity index (χ4n) is 1.70. The molecule has 1 unspecified atom stereocenters. The first-order chi connectivity index (χ1) is 8.58. The van der Waals surface area contributed by atoms with Gasteiger partial charge in [-0.05, 0) is 17.5 Å². The van der Waals surface area contributed by atoms with E-state index in [2.05, 4.69) is 25.2 Å². The van der Waals surface area contributed by atoms with Gasteiger partial charge in [0.15, 0.2) is 0 Å². The Hall–Kier alpha value is -1.10. The molecule has 0 amide bonds. The van der Waals surface area contributed by atoms with Crippen LogP contribution in [0.1, 0.15) is 30.9 Å². The number of ether oxygens (including phenoxy) is 1. The normalized spacial score (nSPS) is 12.8. The van der Waals surface area contributed by atoms with Crippen molar-refractivity contribution in [2.75, 3.05) is 20.3 Å². The van der Waals surface area contributed by atoms with Crippen LogP contribution in [0.25, 0.3) is 0 Å². The number of rotatable bonds is 7. The Kier molecular flexibility index (Phi) is 6.12. The molecule has 0 radical (unpaired) electrons. The zero-order chi connectivity index (χ0) is 13.5. The molecule has 4 heteroatoms. The summed E-state index contributed by atoms with van der Waals surface area (Å²) < 4.78 is 5.37. The van der Waals surface area contributed by atoms with E-state index in [1.54, 1.807) is 7.11 Å². The zero-order valence-corrected chi connectivity index (χ0v) is 11.3. The number of methoxy groups -OCH3 is 1. The van der Waals surface area contributed by atoms with Gasteiger partial charge in [-0.25, -0.2) is 0 Å². The molecule has 1 aromatic rings. The van der Waals surface area contributed by atoms with E-state index in [1.807, 2.05) is 12.1 Å². The maximum absolute atomic E-state index is 9.24. The van der Waals surface area contributed by atoms with Gasteiger partial charge in [-0.2, -0.15) is 0 Å². The third-order valence-corrected chi connectivity index (χ3v) is 2.88. The molecular weight excluding hydrogens is 230 g/mol. The maximum atomic E-state index is 9.24. The molecule has 0 saturated carbocycles. The largest absolute Gasteiger partial charge is 0.496 e. The number of aliphatic hydroxyl groups excluding tert-OH is 2. The van der Waals surface area contributed by atoms with Crippen molar-refractivity contribution >= 4 is 0 Å². The molecule has 0 aliphatic carbocycles. The number of hydrogen-bond acceptors (Lipinski definition) is 4. The lowest BCUT2D eigenvalue weighted by Crippen LogP contribution is -2.29. The average molecular weight is 253 g/mol. The van der Waals surface area contributed by atoms with Crippen molar-refractivity contribution < 1.29 is 14.9 Å². The van der Waals surface area contributed by atoms with Crippen molar-refractivity contribution in [2.45, 2.75) is 32.4 Å². The van der Waals surface area contributed by atoms with Crippen molar-refractivity contribution in [3.63, 3.8) is 0 Å². The van der Waals surface area contributed by atoms with Gasteiger partial charge in [0.05, 0.1) is 19.8 Å². The van der Waals surface area contributed by atoms with Crippen LogP contribution in [-0.2, 0) is 6.54 Å². The van der Waals surface area contributed by atoms with Crippen LogP contribution in [0.4, 0.5) is 0 Å². The molecule has 18 heavy (non-hydrogen) atoms. The molecule has 0 aromatic heterocycles. The highest BCUT2D eigenvalue weighted by molar-refractivity contribution is 5.38. The minimum absolute atomic E-state index is 0.226. The first-order valence-electron chi connectivity index (χ1n) is 6.25. The quantitative estimate of drug-likeness (QED) is 0.684. The Morgan fingerprint density at radius 2 is 2.06 bits per heavy atom. The van der Waals surface area contributed by atoms with Crippen LogP contribution in [0.15, 0.2) is 18.2 Å². The molecule has 0 aliphatic rings. The lowest BCUT2D eigenvalue weighted by atomic mass is 10.0. The lowest BCUT2D eigenvalue weighted by molar-refractivity contribution is 0.0942. The number of aliphatic hydroxyl groups is 2. The summed E-state index contributed by atoms with van der Waals surface area (Å²) in [4.78, 5) is 0. The predicted octanol–water partition coefficient (Wildman–Crippen LogP) is 1.26. The van der Waals surface area contributed by atoms with E-state index >= 15 is 0 Å². The van der Waals surface area contributed by atoms with Crippen molar-refractivity contribution in [1.82, 2.24) is 5.32 Å². The second-order valence-corrected chi connectivity index (χ2v) is 4.69. The van der Waals surface area contributed by atoms with Crippen LogP contribution < -0.4 is 10.1 Å². The van der Waals surface area contributed by atoms with Gasteiger partial charge in [-0.15, -0.1) is 0 Å². The van der Waals surface area contributed by atoms with Crippen molar-refractivity contribution in [3.8, 4) is 5.75 Å². The Morgan fingerprint density at radius 3 is 2.61 bits per heavy atom. The third kappa shape index (κ3) is 4.29. The van der Waals surface area contributed by atoms with Crippen LogP contribution in [0, 0.1) is 0 Å². The maximum Gasteiger partial charge on any atom is 0.123 e. The molecule has 0 saturated heterocycles. The second kappa shape index (κ2) is 7.36. The fourth-order valence-corrected chi connectivity index (χ4v) is 1.70. The molecule has 4 nitrogen and oxygen atoms in total. The molecule has 0 fully saturated rings. The minimum Gasteiger partial charge on any atom is -0.496 e. The van der Waals surface area contributed by atoms with Gasteiger partial charge in [0, 0.05) is 18.7 Å². The van der Waals surface area contributed by atoms with Gasteiger partial charge in [-0.1, -0.05) is 26.0 Å². The average Bonchev–Trinajstić information content (AvgIpc) is 2.38. The number of benzene rings is 1. The van der Waals surface area contributed by atoms with Crippen molar-refractivity contribution in [3.05, 3.63) is 29.3 Å². The van der Waals surface area contributed by atoms with Crippen molar-refractivity contribution in [2.24, 2.45) is 0 Å². The zero-order valence-electron chi connectivity index (χ0n) is 11.3. The van der Waals surface area contributed by atoms with E-state index in [0.29, 0.717) is 19.0 Å². The van der Waals surface area contributed by atoms with Crippen LogP contribution in [0.2, 0.25) is 0 Å². The first-order valence-corrected chi connectivity index (χ1v) is 6.25. The molecule has 1 rings (SSSR count). The summed E-state index contributed by atoms with van der Waals surface area (Å²) in [5.74, 6) is 1.32. The molecular formula is C14H23NO3. The van der Waals surface area contributed by atoms with E-state index in [4.69, 9.17) is 9.84 Å². The van der Waals surface area contributed by atoms with Gasteiger partial charge in [-0.3, -0.25) is 0 Å². The van der Waals surface area contributed by atoms with Crippen LogP contribution in [-0.4, -0.2) is 36.6 Å². The van der Waals surface area contributed by atoms with Gasteiger partial charge in [0.2, 0.25) is 0 Å². The SMILES string of the molecule is COc1cc(C(C)C)ccc1CNCC(O)CO. The fraction of sp³-hybridized carbons (Fsp3) is 0.571. The van der Waals surface area contributed by atoms with E-state index in [9.17, 15) is 5.11 Å². The molecule has 0 spiro atoms. The predicted molar refractivity (Wildman–Crippen MR) is 71.9 cm³/mol. The van der Waals surface area contributed by atoms with Crippen LogP contribution in [0.3, 0.4) is 0 Å². The van der Waals surface area contributed by atoms with Crippen LogP contribution in [0.5, 0.6) is 5.75 Å². The van der Waals surface area contributed by atoms with Gasteiger partial charge >= 0.3 is 0 Å². The Morgan fingerprint density at radius 1 is 1.33 bits per heavy atom. The van der Waals surface area contributed by atoms with Gasteiger partial charge in [0.25, 0.3) is 0 Å². The minimum atomic E-state index is -0.717. The summed E-state index contributed by atoms with van der Waals surface area (Å²) in [5, 5.41) is 21.0. The first kappa shape index (κ1) is 15.0. The molecule has 0 aliphatic heterocycles. The monoisotopic (exact) mass is 253 g/mol. The van der Waals surface area contributed by atoms with Gasteiger partial charge < -0.3 is 20.3 Å². The Balaban J connectivity index is 2.65. The topological polar surface area (TPSA) is 61.7 Å². The highest BCUT2D eigenvalue weighted by Crippen LogP contribution is 2.24. The number of hydrogen-bond donors (Lipinski definition) is 3. The van der Waals surface area contributed by atoms with E-state index < -0.39 is 6.10 Å². The molecule has 0 bridgehead atoms. The molecule has 1 aromatic carbocycles. The van der Waals surface area contributed by atoms with E-state index in [0.717, 1.165) is 11.3 Å². The summed E-state index contributed by atoms with van der Waals surface area (Å²) in [5.41, 5.74) is 2.29. The summed E-state index contributed by atoms with van der Waals surface area (Å²) in [6.07, 6.45) is -0.717. The highest BCUT2D eigenvalue weighted by Gasteiger charge is 2.07. The summed E-state index contributed by atoms with van der Waals surface area (Å²) in [6.45, 7) is 5.04. The smallest absolute Gasteiger partial charge is 0.123 e. The van der Waals surface area contributed by atoms with Crippen LogP contribution >= 0.6 is 0 Å². The van der Waals surface area contributed by atoms with E-state index in [-0.39, 0.29) is 6.61 Å².